The van der Waals surface area contributed by atoms with E-state index in [0.29, 0.717) is 6.61 Å². The van der Waals surface area contributed by atoms with Crippen molar-refractivity contribution >= 4 is 0 Å². The number of ether oxygens (including phenoxy) is 5. The summed E-state index contributed by atoms with van der Waals surface area (Å²) < 4.78 is 28.0. The van der Waals surface area contributed by atoms with Crippen LogP contribution in [0.2, 0.25) is 0 Å². The van der Waals surface area contributed by atoms with E-state index >= 15 is 0 Å². The quantitative estimate of drug-likeness (QED) is 0.340. The Hall–Kier alpha value is -0.200. The summed E-state index contributed by atoms with van der Waals surface area (Å²) in [5.41, 5.74) is 0. The molecule has 5 heteroatoms. The highest BCUT2D eigenvalue weighted by molar-refractivity contribution is 4.80. The molecular weight excluding hydrogens is 284 g/mol. The molecule has 0 aliphatic carbocycles. The van der Waals surface area contributed by atoms with Crippen molar-refractivity contribution in [3.8, 4) is 0 Å². The summed E-state index contributed by atoms with van der Waals surface area (Å²) in [7, 11) is 6.29. The van der Waals surface area contributed by atoms with E-state index < -0.39 is 12.1 Å². The van der Waals surface area contributed by atoms with Gasteiger partial charge in [-0.15, -0.1) is 0 Å². The fraction of sp³-hybridized carbons (Fsp3) is 1.00. The number of rotatable bonds is 15. The number of methoxy groups -OCH3 is 4. The summed E-state index contributed by atoms with van der Waals surface area (Å²) in [5.74, 6) is -1.24. The molecule has 0 rings (SSSR count). The van der Waals surface area contributed by atoms with Crippen LogP contribution in [0.4, 0.5) is 0 Å². The molecule has 0 heterocycles. The average Bonchev–Trinajstić information content (AvgIpc) is 2.56. The van der Waals surface area contributed by atoms with Crippen molar-refractivity contribution in [2.45, 2.75) is 77.0 Å². The van der Waals surface area contributed by atoms with Crippen molar-refractivity contribution in [3.05, 3.63) is 0 Å². The van der Waals surface area contributed by atoms with E-state index in [2.05, 4.69) is 13.8 Å². The Morgan fingerprint density at radius 1 is 0.773 bits per heavy atom. The van der Waals surface area contributed by atoms with Gasteiger partial charge in [0.15, 0.2) is 6.10 Å². The third kappa shape index (κ3) is 6.92. The predicted molar refractivity (Wildman–Crippen MR) is 88.0 cm³/mol. The Morgan fingerprint density at radius 3 is 1.82 bits per heavy atom. The maximum Gasteiger partial charge on any atom is 0.312 e. The molecule has 2 unspecified atom stereocenters. The predicted octanol–water partition coefficient (Wildman–Crippen LogP) is 3.75. The van der Waals surface area contributed by atoms with Crippen LogP contribution < -0.4 is 0 Å². The zero-order chi connectivity index (χ0) is 16.8. The van der Waals surface area contributed by atoms with Gasteiger partial charge in [0, 0.05) is 35.0 Å². The molecule has 0 bridgehead atoms. The second-order valence-corrected chi connectivity index (χ2v) is 5.48. The molecule has 0 radical (unpaired) electrons. The Kier molecular flexibility index (Phi) is 13.1. The number of hydrogen-bond acceptors (Lipinski definition) is 5. The molecule has 0 spiro atoms. The van der Waals surface area contributed by atoms with Crippen molar-refractivity contribution in [2.24, 2.45) is 0 Å². The van der Waals surface area contributed by atoms with Crippen LogP contribution in [0.1, 0.15) is 58.8 Å². The molecule has 2 atom stereocenters. The van der Waals surface area contributed by atoms with Crippen LogP contribution in [0.15, 0.2) is 0 Å². The maximum atomic E-state index is 6.00. The molecule has 134 valence electrons. The van der Waals surface area contributed by atoms with Gasteiger partial charge in [-0.1, -0.05) is 46.0 Å². The SMILES string of the molecule is CCCCCCCC(OCCC)C(OC)C(OC)(OC)OC. The van der Waals surface area contributed by atoms with Gasteiger partial charge in [0.2, 0.25) is 0 Å². The Balaban J connectivity index is 4.77. The van der Waals surface area contributed by atoms with Crippen molar-refractivity contribution in [2.75, 3.05) is 35.0 Å². The Labute approximate surface area is 136 Å². The molecular formula is C17H36O5. The third-order valence-corrected chi connectivity index (χ3v) is 3.92. The van der Waals surface area contributed by atoms with Crippen molar-refractivity contribution in [3.63, 3.8) is 0 Å². The Bertz CT molecular complexity index is 235. The Morgan fingerprint density at radius 2 is 1.36 bits per heavy atom. The van der Waals surface area contributed by atoms with Crippen LogP contribution in [0.5, 0.6) is 0 Å². The lowest BCUT2D eigenvalue weighted by Crippen LogP contribution is -2.55. The number of hydrogen-bond donors (Lipinski definition) is 0. The molecule has 0 aromatic carbocycles. The van der Waals surface area contributed by atoms with Crippen molar-refractivity contribution in [1.82, 2.24) is 0 Å². The fourth-order valence-electron chi connectivity index (χ4n) is 2.66. The van der Waals surface area contributed by atoms with Crippen LogP contribution in [-0.2, 0) is 23.7 Å². The smallest absolute Gasteiger partial charge is 0.312 e. The molecule has 0 amide bonds. The zero-order valence-electron chi connectivity index (χ0n) is 15.4. The van der Waals surface area contributed by atoms with Gasteiger partial charge in [0.05, 0.1) is 6.10 Å². The largest absolute Gasteiger partial charge is 0.375 e. The molecule has 0 aliphatic rings. The van der Waals surface area contributed by atoms with Gasteiger partial charge in [0.1, 0.15) is 0 Å². The van der Waals surface area contributed by atoms with Gasteiger partial charge in [-0.25, -0.2) is 0 Å². The van der Waals surface area contributed by atoms with Crippen LogP contribution >= 0.6 is 0 Å². The van der Waals surface area contributed by atoms with E-state index in [-0.39, 0.29) is 6.10 Å². The molecule has 0 saturated heterocycles. The summed E-state index contributed by atoms with van der Waals surface area (Å²) in [6.07, 6.45) is 7.40. The summed E-state index contributed by atoms with van der Waals surface area (Å²) in [6, 6.07) is 0. The van der Waals surface area contributed by atoms with E-state index in [0.717, 1.165) is 19.3 Å². The van der Waals surface area contributed by atoms with Gasteiger partial charge >= 0.3 is 5.97 Å². The molecule has 0 N–H and O–H groups in total. The average molecular weight is 320 g/mol. The van der Waals surface area contributed by atoms with Gasteiger partial charge in [-0.05, 0) is 12.8 Å². The summed E-state index contributed by atoms with van der Waals surface area (Å²) in [4.78, 5) is 0. The van der Waals surface area contributed by atoms with Crippen LogP contribution in [0.25, 0.3) is 0 Å². The monoisotopic (exact) mass is 320 g/mol. The molecule has 5 nitrogen and oxygen atoms in total. The lowest BCUT2D eigenvalue weighted by Gasteiger charge is -2.39. The van der Waals surface area contributed by atoms with Crippen LogP contribution in [0.3, 0.4) is 0 Å². The third-order valence-electron chi connectivity index (χ3n) is 3.92. The first kappa shape index (κ1) is 21.8. The van der Waals surface area contributed by atoms with Gasteiger partial charge < -0.3 is 23.7 Å². The first-order valence-electron chi connectivity index (χ1n) is 8.45. The second-order valence-electron chi connectivity index (χ2n) is 5.48. The molecule has 0 aliphatic heterocycles. The summed E-state index contributed by atoms with van der Waals surface area (Å²) in [5, 5.41) is 0. The molecule has 0 saturated carbocycles. The van der Waals surface area contributed by atoms with E-state index in [1.807, 2.05) is 0 Å². The minimum atomic E-state index is -1.24. The highest BCUT2D eigenvalue weighted by Gasteiger charge is 2.45. The molecule has 0 fully saturated rings. The summed E-state index contributed by atoms with van der Waals surface area (Å²) >= 11 is 0. The van der Waals surface area contributed by atoms with Gasteiger partial charge in [-0.2, -0.15) is 0 Å². The minimum absolute atomic E-state index is 0.119. The zero-order valence-corrected chi connectivity index (χ0v) is 15.4. The second kappa shape index (κ2) is 13.3. The highest BCUT2D eigenvalue weighted by Crippen LogP contribution is 2.27. The van der Waals surface area contributed by atoms with Crippen molar-refractivity contribution < 1.29 is 23.7 Å². The van der Waals surface area contributed by atoms with Gasteiger partial charge in [-0.3, -0.25) is 0 Å². The lowest BCUT2D eigenvalue weighted by molar-refractivity contribution is -0.402. The lowest BCUT2D eigenvalue weighted by atomic mass is 10.0. The van der Waals surface area contributed by atoms with E-state index in [1.54, 1.807) is 28.4 Å². The topological polar surface area (TPSA) is 46.2 Å². The fourth-order valence-corrected chi connectivity index (χ4v) is 2.66. The van der Waals surface area contributed by atoms with Crippen LogP contribution in [-0.4, -0.2) is 53.2 Å². The first-order chi connectivity index (χ1) is 10.7. The standard InChI is InChI=1S/C17H36O5/c1-7-9-10-11-12-13-15(22-14-8-2)16(18-3)17(19-4,20-5)21-6/h15-16H,7-14H2,1-6H3. The maximum absolute atomic E-state index is 6.00. The first-order valence-corrected chi connectivity index (χ1v) is 8.45. The van der Waals surface area contributed by atoms with E-state index in [1.165, 1.54) is 25.7 Å². The van der Waals surface area contributed by atoms with E-state index in [9.17, 15) is 0 Å². The molecule has 0 aromatic rings. The molecule has 22 heavy (non-hydrogen) atoms. The summed E-state index contributed by atoms with van der Waals surface area (Å²) in [6.45, 7) is 5.00. The van der Waals surface area contributed by atoms with Crippen LogP contribution in [0, 0.1) is 0 Å². The van der Waals surface area contributed by atoms with E-state index in [4.69, 9.17) is 23.7 Å². The highest BCUT2D eigenvalue weighted by atomic mass is 16.9. The van der Waals surface area contributed by atoms with Crippen molar-refractivity contribution in [1.29, 1.82) is 0 Å². The minimum Gasteiger partial charge on any atom is -0.375 e. The number of unbranched alkanes of at least 4 members (excludes halogenated alkanes) is 4. The van der Waals surface area contributed by atoms with Gasteiger partial charge in [0.25, 0.3) is 0 Å². The molecule has 0 aromatic heterocycles. The normalized spacial score (nSPS) is 15.0.